The molecular weight excluding hydrogens is 338 g/mol. The quantitative estimate of drug-likeness (QED) is 0.797. The van der Waals surface area contributed by atoms with E-state index >= 15 is 0 Å². The van der Waals surface area contributed by atoms with Crippen molar-refractivity contribution in [1.82, 2.24) is 4.90 Å². The molecule has 2 aromatic rings. The van der Waals surface area contributed by atoms with E-state index in [0.29, 0.717) is 36.9 Å². The minimum absolute atomic E-state index is 0.00390. The number of benzene rings is 2. The summed E-state index contributed by atoms with van der Waals surface area (Å²) >= 11 is 5.94. The van der Waals surface area contributed by atoms with Crippen molar-refractivity contribution in [1.29, 1.82) is 0 Å². The van der Waals surface area contributed by atoms with Gasteiger partial charge in [-0.25, -0.2) is 0 Å². The summed E-state index contributed by atoms with van der Waals surface area (Å²) in [4.78, 5) is 14.7. The highest BCUT2D eigenvalue weighted by atomic mass is 35.5. The van der Waals surface area contributed by atoms with Crippen LogP contribution >= 0.6 is 11.6 Å². The lowest BCUT2D eigenvalue weighted by Crippen LogP contribution is -2.42. The fourth-order valence-electron chi connectivity index (χ4n) is 2.83. The van der Waals surface area contributed by atoms with Gasteiger partial charge in [0.05, 0.1) is 19.8 Å². The molecule has 2 aromatic carbocycles. The van der Waals surface area contributed by atoms with Crippen LogP contribution in [-0.2, 0) is 4.74 Å². The van der Waals surface area contributed by atoms with E-state index in [0.717, 1.165) is 17.7 Å². The maximum Gasteiger partial charge on any atom is 0.254 e. The van der Waals surface area contributed by atoms with Crippen molar-refractivity contribution in [2.45, 2.75) is 19.4 Å². The first-order valence-electron chi connectivity index (χ1n) is 8.56. The summed E-state index contributed by atoms with van der Waals surface area (Å²) in [5, 5.41) is 0.691. The Kier molecular flexibility index (Phi) is 5.95. The lowest BCUT2D eigenvalue weighted by atomic mass is 10.1. The van der Waals surface area contributed by atoms with Crippen LogP contribution in [0.15, 0.2) is 48.5 Å². The Labute approximate surface area is 153 Å². The molecule has 1 fully saturated rings. The van der Waals surface area contributed by atoms with Gasteiger partial charge in [0.15, 0.2) is 0 Å². The van der Waals surface area contributed by atoms with Gasteiger partial charge in [0, 0.05) is 17.1 Å². The van der Waals surface area contributed by atoms with Gasteiger partial charge in [-0.3, -0.25) is 4.79 Å². The highest BCUT2D eigenvalue weighted by molar-refractivity contribution is 6.30. The van der Waals surface area contributed by atoms with Gasteiger partial charge in [-0.1, -0.05) is 36.7 Å². The predicted molar refractivity (Wildman–Crippen MR) is 98.3 cm³/mol. The SMILES string of the molecule is CCCOc1cccc(C(=O)N2CCOC(c3ccc(Cl)cc3)C2)c1. The molecule has 1 saturated heterocycles. The summed E-state index contributed by atoms with van der Waals surface area (Å²) in [5.74, 6) is 0.736. The average Bonchev–Trinajstić information content (AvgIpc) is 2.66. The molecule has 25 heavy (non-hydrogen) atoms. The minimum atomic E-state index is -0.130. The summed E-state index contributed by atoms with van der Waals surface area (Å²) in [6.45, 7) is 4.34. The standard InChI is InChI=1S/C20H22ClNO3/c1-2-11-24-18-5-3-4-16(13-18)20(23)22-10-12-25-19(14-22)15-6-8-17(21)9-7-15/h3-9,13,19H,2,10-12,14H2,1H3. The van der Waals surface area contributed by atoms with E-state index < -0.39 is 0 Å². The first-order chi connectivity index (χ1) is 12.2. The topological polar surface area (TPSA) is 38.8 Å². The Bertz CT molecular complexity index is 717. The summed E-state index contributed by atoms with van der Waals surface area (Å²) in [5.41, 5.74) is 1.67. The Morgan fingerprint density at radius 1 is 1.28 bits per heavy atom. The highest BCUT2D eigenvalue weighted by Gasteiger charge is 2.26. The molecular formula is C20H22ClNO3. The van der Waals surface area contributed by atoms with Crippen molar-refractivity contribution in [3.8, 4) is 5.75 Å². The van der Waals surface area contributed by atoms with Gasteiger partial charge in [-0.15, -0.1) is 0 Å². The van der Waals surface area contributed by atoms with E-state index in [-0.39, 0.29) is 12.0 Å². The van der Waals surface area contributed by atoms with Crippen LogP contribution in [-0.4, -0.2) is 37.1 Å². The van der Waals surface area contributed by atoms with Crippen molar-refractivity contribution >= 4 is 17.5 Å². The third-order valence-electron chi connectivity index (χ3n) is 4.15. The summed E-state index contributed by atoms with van der Waals surface area (Å²) in [7, 11) is 0. The minimum Gasteiger partial charge on any atom is -0.494 e. The zero-order chi connectivity index (χ0) is 17.6. The maximum atomic E-state index is 12.9. The van der Waals surface area contributed by atoms with Crippen molar-refractivity contribution in [3.05, 3.63) is 64.7 Å². The van der Waals surface area contributed by atoms with Gasteiger partial charge >= 0.3 is 0 Å². The van der Waals surface area contributed by atoms with Crippen LogP contribution in [0.4, 0.5) is 0 Å². The third-order valence-corrected chi connectivity index (χ3v) is 4.40. The van der Waals surface area contributed by atoms with Crippen LogP contribution < -0.4 is 4.74 Å². The van der Waals surface area contributed by atoms with Gasteiger partial charge in [0.1, 0.15) is 11.9 Å². The smallest absolute Gasteiger partial charge is 0.254 e. The van der Waals surface area contributed by atoms with E-state index in [2.05, 4.69) is 6.92 Å². The number of ether oxygens (including phenoxy) is 2. The molecule has 0 spiro atoms. The Morgan fingerprint density at radius 3 is 2.84 bits per heavy atom. The number of rotatable bonds is 5. The average molecular weight is 360 g/mol. The van der Waals surface area contributed by atoms with E-state index in [4.69, 9.17) is 21.1 Å². The largest absolute Gasteiger partial charge is 0.494 e. The molecule has 0 radical (unpaired) electrons. The van der Waals surface area contributed by atoms with Gasteiger partial charge in [-0.05, 0) is 42.3 Å². The molecule has 1 heterocycles. The molecule has 1 unspecified atom stereocenters. The Morgan fingerprint density at radius 2 is 2.08 bits per heavy atom. The zero-order valence-electron chi connectivity index (χ0n) is 14.3. The molecule has 1 aliphatic heterocycles. The number of carbonyl (C=O) groups is 1. The number of carbonyl (C=O) groups excluding carboxylic acids is 1. The first-order valence-corrected chi connectivity index (χ1v) is 8.94. The summed E-state index contributed by atoms with van der Waals surface area (Å²) in [6.07, 6.45) is 0.805. The van der Waals surface area contributed by atoms with Crippen LogP contribution in [0.5, 0.6) is 5.75 Å². The second-order valence-electron chi connectivity index (χ2n) is 6.04. The number of hydrogen-bond donors (Lipinski definition) is 0. The number of hydrogen-bond acceptors (Lipinski definition) is 3. The summed E-state index contributed by atoms with van der Waals surface area (Å²) < 4.78 is 11.5. The molecule has 132 valence electrons. The lowest BCUT2D eigenvalue weighted by Gasteiger charge is -2.33. The molecule has 1 atom stereocenters. The molecule has 0 aliphatic carbocycles. The van der Waals surface area contributed by atoms with Crippen LogP contribution in [0.1, 0.15) is 35.4 Å². The van der Waals surface area contributed by atoms with E-state index in [1.54, 1.807) is 0 Å². The highest BCUT2D eigenvalue weighted by Crippen LogP contribution is 2.25. The Balaban J connectivity index is 1.70. The van der Waals surface area contributed by atoms with Crippen LogP contribution in [0.25, 0.3) is 0 Å². The molecule has 5 heteroatoms. The molecule has 0 aromatic heterocycles. The van der Waals surface area contributed by atoms with Crippen molar-refractivity contribution in [3.63, 3.8) is 0 Å². The first kappa shape index (κ1) is 17.8. The molecule has 0 N–H and O–H groups in total. The van der Waals surface area contributed by atoms with Crippen LogP contribution in [0.3, 0.4) is 0 Å². The van der Waals surface area contributed by atoms with E-state index in [1.807, 2.05) is 53.4 Å². The fraction of sp³-hybridized carbons (Fsp3) is 0.350. The van der Waals surface area contributed by atoms with Crippen LogP contribution in [0, 0.1) is 0 Å². The van der Waals surface area contributed by atoms with Crippen LogP contribution in [0.2, 0.25) is 5.02 Å². The van der Waals surface area contributed by atoms with E-state index in [9.17, 15) is 4.79 Å². The van der Waals surface area contributed by atoms with Crippen molar-refractivity contribution in [2.24, 2.45) is 0 Å². The number of halogens is 1. The molecule has 1 amide bonds. The maximum absolute atomic E-state index is 12.9. The Hall–Kier alpha value is -2.04. The third kappa shape index (κ3) is 4.53. The molecule has 1 aliphatic rings. The second kappa shape index (κ2) is 8.37. The van der Waals surface area contributed by atoms with Gasteiger partial charge in [0.2, 0.25) is 0 Å². The van der Waals surface area contributed by atoms with Gasteiger partial charge in [-0.2, -0.15) is 0 Å². The van der Waals surface area contributed by atoms with Gasteiger partial charge < -0.3 is 14.4 Å². The number of morpholine rings is 1. The van der Waals surface area contributed by atoms with Crippen molar-refractivity contribution < 1.29 is 14.3 Å². The van der Waals surface area contributed by atoms with Crippen molar-refractivity contribution in [2.75, 3.05) is 26.3 Å². The number of nitrogens with zero attached hydrogens (tertiary/aromatic N) is 1. The molecule has 4 nitrogen and oxygen atoms in total. The molecule has 0 bridgehead atoms. The molecule has 3 rings (SSSR count). The fourth-order valence-corrected chi connectivity index (χ4v) is 2.96. The van der Waals surface area contributed by atoms with Gasteiger partial charge in [0.25, 0.3) is 5.91 Å². The zero-order valence-corrected chi connectivity index (χ0v) is 15.0. The summed E-state index contributed by atoms with van der Waals surface area (Å²) in [6, 6.07) is 14.9. The lowest BCUT2D eigenvalue weighted by molar-refractivity contribution is -0.0228. The number of amides is 1. The van der Waals surface area contributed by atoms with E-state index in [1.165, 1.54) is 0 Å². The normalized spacial score (nSPS) is 17.4. The predicted octanol–water partition coefficient (Wildman–Crippen LogP) is 4.34. The molecule has 0 saturated carbocycles. The monoisotopic (exact) mass is 359 g/mol. The second-order valence-corrected chi connectivity index (χ2v) is 6.47.